The molecule has 402 valence electrons. The summed E-state index contributed by atoms with van der Waals surface area (Å²) in [4.78, 5) is 50.8. The van der Waals surface area contributed by atoms with Crippen LogP contribution >= 0.6 is 0 Å². The van der Waals surface area contributed by atoms with E-state index < -0.39 is 23.7 Å². The number of rotatable bonds is 47. The minimum Gasteiger partial charge on any atom is -0.462 e. The zero-order valence-electron chi connectivity index (χ0n) is 46.0. The Morgan fingerprint density at radius 3 is 1.37 bits per heavy atom. The molecule has 1 amide bonds. The molecule has 2 aromatic rings. The Bertz CT molecular complexity index is 1670. The Hall–Kier alpha value is -3.88. The highest BCUT2D eigenvalue weighted by atomic mass is 16.5. The van der Waals surface area contributed by atoms with Crippen molar-refractivity contribution in [2.24, 2.45) is 28.0 Å². The van der Waals surface area contributed by atoms with Crippen LogP contribution in [0, 0.1) is 17.8 Å². The minimum absolute atomic E-state index is 0.218. The Morgan fingerprint density at radius 1 is 0.479 bits per heavy atom. The van der Waals surface area contributed by atoms with Gasteiger partial charge in [-0.15, -0.1) is 0 Å². The highest BCUT2D eigenvalue weighted by Gasteiger charge is 2.25. The van der Waals surface area contributed by atoms with E-state index in [9.17, 15) is 19.2 Å². The lowest BCUT2D eigenvalue weighted by Crippen LogP contribution is -2.39. The van der Waals surface area contributed by atoms with Gasteiger partial charge < -0.3 is 14.8 Å². The molecule has 0 aliphatic rings. The first kappa shape index (κ1) is 63.2. The van der Waals surface area contributed by atoms with Crippen molar-refractivity contribution in [2.45, 2.75) is 259 Å². The first-order valence-corrected chi connectivity index (χ1v) is 29.4. The molecule has 0 radical (unpaired) electrons. The van der Waals surface area contributed by atoms with E-state index in [4.69, 9.17) is 9.47 Å². The number of hydrogen-bond acceptors (Lipinski definition) is 8. The zero-order chi connectivity index (χ0) is 51.4. The predicted molar refractivity (Wildman–Crippen MR) is 296 cm³/mol. The lowest BCUT2D eigenvalue weighted by atomic mass is 9.78. The molecule has 0 spiro atoms. The minimum atomic E-state index is -1.26. The van der Waals surface area contributed by atoms with Crippen LogP contribution in [-0.4, -0.2) is 49.4 Å². The van der Waals surface area contributed by atoms with Crippen molar-refractivity contribution >= 4 is 29.3 Å². The molecule has 9 nitrogen and oxygen atoms in total. The molecule has 0 heterocycles. The quantitative estimate of drug-likeness (QED) is 0.0305. The summed E-state index contributed by atoms with van der Waals surface area (Å²) in [5.74, 6) is 0.463. The lowest BCUT2D eigenvalue weighted by Gasteiger charge is -2.28. The third-order valence-electron chi connectivity index (χ3n) is 14.6. The molecule has 4 atom stereocenters. The molecule has 1 N–H and O–H groups in total. The van der Waals surface area contributed by atoms with Gasteiger partial charge in [0, 0.05) is 6.54 Å². The van der Waals surface area contributed by atoms with E-state index in [2.05, 4.69) is 43.2 Å². The number of hydrogen-bond donors (Lipinski definition) is 1. The number of ether oxygens (including phenoxy) is 2. The third-order valence-corrected chi connectivity index (χ3v) is 14.6. The molecule has 9 heteroatoms. The number of unbranched alkanes of at least 4 members (excludes halogenated alkanes) is 23. The van der Waals surface area contributed by atoms with Gasteiger partial charge >= 0.3 is 11.9 Å². The summed E-state index contributed by atoms with van der Waals surface area (Å²) in [6.45, 7) is 11.5. The number of amides is 1. The topological polar surface area (TPSA) is 123 Å². The van der Waals surface area contributed by atoms with Crippen molar-refractivity contribution in [3.05, 3.63) is 65.7 Å². The third kappa shape index (κ3) is 31.3. The van der Waals surface area contributed by atoms with Crippen molar-refractivity contribution in [1.29, 1.82) is 0 Å². The fraction of sp³-hybridized carbons (Fsp3) is 0.742. The van der Waals surface area contributed by atoms with Crippen LogP contribution in [-0.2, 0) is 19.1 Å². The molecule has 0 saturated carbocycles. The van der Waals surface area contributed by atoms with Crippen molar-refractivity contribution < 1.29 is 28.7 Å². The smallest absolute Gasteiger partial charge is 0.340 e. The van der Waals surface area contributed by atoms with Crippen LogP contribution in [0.15, 0.2) is 64.8 Å². The Balaban J connectivity index is 1.86. The average Bonchev–Trinajstić information content (AvgIpc) is 3.38. The summed E-state index contributed by atoms with van der Waals surface area (Å²) in [5, 5.41) is 11.2. The van der Waals surface area contributed by atoms with Gasteiger partial charge in [0.2, 0.25) is 6.04 Å². The van der Waals surface area contributed by atoms with Crippen molar-refractivity contribution in [3.63, 3.8) is 0 Å². The van der Waals surface area contributed by atoms with E-state index >= 15 is 0 Å². The number of carbonyl (C=O) groups excluding carboxylic acids is 4. The van der Waals surface area contributed by atoms with Gasteiger partial charge in [-0.25, -0.2) is 9.59 Å². The second kappa shape index (κ2) is 43.7. The summed E-state index contributed by atoms with van der Waals surface area (Å²) in [6.07, 6.45) is 42.7. The maximum Gasteiger partial charge on any atom is 0.340 e. The molecular formula is C62H103N3O6. The van der Waals surface area contributed by atoms with E-state index in [1.54, 1.807) is 24.3 Å². The highest BCUT2D eigenvalue weighted by Crippen LogP contribution is 2.34. The Kier molecular flexibility index (Phi) is 38.9. The van der Waals surface area contributed by atoms with E-state index in [1.165, 1.54) is 167 Å². The normalized spacial score (nSPS) is 13.2. The van der Waals surface area contributed by atoms with E-state index in [0.717, 1.165) is 69.6 Å². The van der Waals surface area contributed by atoms with Crippen LogP contribution in [0.3, 0.4) is 0 Å². The lowest BCUT2D eigenvalue weighted by molar-refractivity contribution is -0.129. The van der Waals surface area contributed by atoms with E-state index in [0.29, 0.717) is 31.2 Å². The predicted octanol–water partition coefficient (Wildman–Crippen LogP) is 18.0. The largest absolute Gasteiger partial charge is 0.462 e. The number of nitrogens with one attached hydrogen (secondary N) is 1. The second-order valence-electron chi connectivity index (χ2n) is 20.7. The molecule has 2 aromatic carbocycles. The summed E-state index contributed by atoms with van der Waals surface area (Å²) in [7, 11) is 0. The number of esters is 2. The summed E-state index contributed by atoms with van der Waals surface area (Å²) in [6, 6.07) is 14.8. The van der Waals surface area contributed by atoms with E-state index in [-0.39, 0.29) is 17.2 Å². The number of carbonyl (C=O) groups is 4. The summed E-state index contributed by atoms with van der Waals surface area (Å²) >= 11 is 0. The first-order valence-electron chi connectivity index (χ1n) is 29.4. The highest BCUT2D eigenvalue weighted by molar-refractivity contribution is 6.04. The molecule has 4 unspecified atom stereocenters. The van der Waals surface area contributed by atoms with Gasteiger partial charge in [-0.2, -0.15) is 10.2 Å². The zero-order valence-corrected chi connectivity index (χ0v) is 46.0. The van der Waals surface area contributed by atoms with Gasteiger partial charge in [-0.05, 0) is 68.2 Å². The molecule has 0 fully saturated rings. The van der Waals surface area contributed by atoms with Crippen molar-refractivity contribution in [3.8, 4) is 0 Å². The maximum absolute atomic E-state index is 13.2. The van der Waals surface area contributed by atoms with Gasteiger partial charge in [0.15, 0.2) is 5.78 Å². The number of Topliss-reactive ketones (excluding diaryl/α,β-unsaturated/α-hetero) is 1. The molecule has 0 aromatic heterocycles. The number of benzene rings is 2. The van der Waals surface area contributed by atoms with Gasteiger partial charge in [-0.3, -0.25) is 9.59 Å². The molecule has 0 bridgehead atoms. The van der Waals surface area contributed by atoms with Crippen LogP contribution in [0.4, 0.5) is 5.69 Å². The standard InChI is InChI=1S/C62H103N3O6/c1-6-10-13-15-17-23-30-41-54(43-32-25-19-21-27-38-49-70-61(68)56-45-34-29-35-46-56)55(42-31-24-18-16-14-11-7-2)44-33-26-20-22-28-39-50-71-62(69)57-47-36-37-48-58(57)64-65-59(52(5)66)60(67)63-51-53(9-4)40-12-8-3/h29,34-37,45-48,53-55,59H,6-28,30-33,38-44,49-51H2,1-5H3,(H,63,67). The Labute approximate surface area is 434 Å². The summed E-state index contributed by atoms with van der Waals surface area (Å²) < 4.78 is 11.2. The maximum atomic E-state index is 13.2. The monoisotopic (exact) mass is 986 g/mol. The van der Waals surface area contributed by atoms with Crippen LogP contribution < -0.4 is 5.32 Å². The SMILES string of the molecule is CCCCCCCCCC(CCCCCCCCOC(=O)c1ccccc1)C(CCCCCCCCC)CCCCCCCCOC(=O)c1ccccc1N=NC(C(C)=O)C(=O)NCC(CC)CCCC. The number of ketones is 1. The van der Waals surface area contributed by atoms with Gasteiger partial charge in [0.1, 0.15) is 0 Å². The van der Waals surface area contributed by atoms with Gasteiger partial charge in [0.05, 0.1) is 30.0 Å². The summed E-state index contributed by atoms with van der Waals surface area (Å²) in [5.41, 5.74) is 1.19. The van der Waals surface area contributed by atoms with Crippen LogP contribution in [0.25, 0.3) is 0 Å². The van der Waals surface area contributed by atoms with Gasteiger partial charge in [0.25, 0.3) is 5.91 Å². The van der Waals surface area contributed by atoms with Crippen LogP contribution in [0.5, 0.6) is 0 Å². The van der Waals surface area contributed by atoms with Crippen molar-refractivity contribution in [1.82, 2.24) is 5.32 Å². The fourth-order valence-electron chi connectivity index (χ4n) is 9.91. The molecule has 0 aliphatic carbocycles. The molecule has 0 saturated heterocycles. The second-order valence-corrected chi connectivity index (χ2v) is 20.7. The fourth-order valence-corrected chi connectivity index (χ4v) is 9.91. The Morgan fingerprint density at radius 2 is 0.901 bits per heavy atom. The average molecular weight is 987 g/mol. The first-order chi connectivity index (χ1) is 34.7. The molecule has 2 rings (SSSR count). The number of azo groups is 1. The number of nitrogens with zero attached hydrogens (tertiary/aromatic N) is 2. The van der Waals surface area contributed by atoms with Crippen molar-refractivity contribution in [2.75, 3.05) is 19.8 Å². The molecule has 71 heavy (non-hydrogen) atoms. The molecular weight excluding hydrogens is 883 g/mol. The molecule has 0 aliphatic heterocycles. The van der Waals surface area contributed by atoms with E-state index in [1.807, 2.05) is 30.3 Å². The van der Waals surface area contributed by atoms with Crippen LogP contribution in [0.1, 0.15) is 274 Å². The van der Waals surface area contributed by atoms with Crippen LogP contribution in [0.2, 0.25) is 0 Å². The van der Waals surface area contributed by atoms with Gasteiger partial charge in [-0.1, -0.05) is 257 Å².